The number of carbonyl (C=O) groups is 1. The van der Waals surface area contributed by atoms with Gasteiger partial charge in [0.1, 0.15) is 22.9 Å². The van der Waals surface area contributed by atoms with Gasteiger partial charge in [0.05, 0.1) is 5.69 Å². The number of anilines is 1. The average Bonchev–Trinajstić information content (AvgIpc) is 3.35. The van der Waals surface area contributed by atoms with Crippen LogP contribution in [0.25, 0.3) is 23.0 Å². The molecule has 0 saturated carbocycles. The monoisotopic (exact) mass is 405 g/mol. The van der Waals surface area contributed by atoms with Crippen molar-refractivity contribution in [1.82, 2.24) is 29.2 Å². The summed E-state index contributed by atoms with van der Waals surface area (Å²) in [5.74, 6) is 1.74. The Balaban J connectivity index is 1.52. The molecule has 3 N–H and O–H groups in total. The Bertz CT molecular complexity index is 1130. The normalized spacial score (nSPS) is 16.8. The molecule has 3 aromatic rings. The summed E-state index contributed by atoms with van der Waals surface area (Å²) in [5, 5.41) is 0. The number of nitrogens with two attached hydrogens (primary N) is 1. The first kappa shape index (κ1) is 18.7. The molecule has 0 spiro atoms. The zero-order valence-electron chi connectivity index (χ0n) is 17.4. The summed E-state index contributed by atoms with van der Waals surface area (Å²) in [7, 11) is 3.59. The molecule has 4 heterocycles. The van der Waals surface area contributed by atoms with Gasteiger partial charge in [-0.25, -0.2) is 14.8 Å². The van der Waals surface area contributed by atoms with E-state index in [9.17, 15) is 4.79 Å². The van der Waals surface area contributed by atoms with E-state index < -0.39 is 0 Å². The molecule has 0 atom stereocenters. The minimum Gasteiger partial charge on any atom is -0.382 e. The molecule has 8 nitrogen and oxygen atoms in total. The molecule has 2 aliphatic rings. The van der Waals surface area contributed by atoms with E-state index in [4.69, 9.17) is 10.7 Å². The average molecular weight is 406 g/mol. The minimum atomic E-state index is 0.0700. The number of aromatic nitrogens is 4. The summed E-state index contributed by atoms with van der Waals surface area (Å²) < 4.78 is 2.08. The van der Waals surface area contributed by atoms with Gasteiger partial charge in [0.2, 0.25) is 0 Å². The van der Waals surface area contributed by atoms with E-state index >= 15 is 0 Å². The van der Waals surface area contributed by atoms with E-state index in [0.717, 1.165) is 67.2 Å². The fourth-order valence-electron chi connectivity index (χ4n) is 4.61. The predicted octanol–water partition coefficient (Wildman–Crippen LogP) is 3.13. The van der Waals surface area contributed by atoms with Crippen LogP contribution >= 0.6 is 0 Å². The first-order valence-corrected chi connectivity index (χ1v) is 10.5. The lowest BCUT2D eigenvalue weighted by atomic mass is 9.96. The van der Waals surface area contributed by atoms with Gasteiger partial charge in [0.15, 0.2) is 0 Å². The van der Waals surface area contributed by atoms with Crippen molar-refractivity contribution in [2.75, 3.05) is 32.9 Å². The number of hydrogen-bond donors (Lipinski definition) is 2. The number of nitrogens with zero attached hydrogens (tertiary/aromatic N) is 5. The van der Waals surface area contributed by atoms with Crippen molar-refractivity contribution in [2.24, 2.45) is 0 Å². The molecule has 30 heavy (non-hydrogen) atoms. The van der Waals surface area contributed by atoms with Gasteiger partial charge in [0.25, 0.3) is 0 Å². The Labute approximate surface area is 175 Å². The van der Waals surface area contributed by atoms with Crippen LogP contribution in [0.2, 0.25) is 0 Å². The second-order valence-corrected chi connectivity index (χ2v) is 8.35. The number of imidazole rings is 1. The molecule has 156 valence electrons. The number of carbonyl (C=O) groups excluding carboxylic acids is 1. The maximum atomic E-state index is 12.3. The van der Waals surface area contributed by atoms with Crippen molar-refractivity contribution < 1.29 is 4.79 Å². The van der Waals surface area contributed by atoms with Crippen LogP contribution in [0.5, 0.6) is 0 Å². The fraction of sp³-hybridized carbons (Fsp3) is 0.409. The maximum absolute atomic E-state index is 12.3. The predicted molar refractivity (Wildman–Crippen MR) is 117 cm³/mol. The Morgan fingerprint density at radius 1 is 1.30 bits per heavy atom. The number of fused-ring (bicyclic) bond motifs is 2. The number of rotatable bonds is 2. The number of hydrogen-bond acceptors (Lipinski definition) is 4. The number of likely N-dealkylation sites (tertiary alicyclic amines) is 1. The van der Waals surface area contributed by atoms with Crippen LogP contribution in [0.3, 0.4) is 0 Å². The lowest BCUT2D eigenvalue weighted by Gasteiger charge is -2.33. The van der Waals surface area contributed by atoms with Crippen LogP contribution in [0.1, 0.15) is 42.3 Å². The van der Waals surface area contributed by atoms with E-state index in [1.165, 1.54) is 5.56 Å². The second-order valence-electron chi connectivity index (χ2n) is 8.35. The minimum absolute atomic E-state index is 0.0700. The molecule has 1 aliphatic heterocycles. The topological polar surface area (TPSA) is 95.5 Å². The van der Waals surface area contributed by atoms with Crippen LogP contribution in [-0.4, -0.2) is 62.4 Å². The molecule has 8 heteroatoms. The van der Waals surface area contributed by atoms with Gasteiger partial charge in [-0.3, -0.25) is 4.40 Å². The van der Waals surface area contributed by atoms with Crippen LogP contribution in [0, 0.1) is 0 Å². The smallest absolute Gasteiger partial charge is 0.319 e. The largest absolute Gasteiger partial charge is 0.382 e. The van der Waals surface area contributed by atoms with Gasteiger partial charge in [-0.1, -0.05) is 6.08 Å². The van der Waals surface area contributed by atoms with E-state index in [0.29, 0.717) is 5.82 Å². The third-order valence-corrected chi connectivity index (χ3v) is 6.18. The van der Waals surface area contributed by atoms with E-state index in [-0.39, 0.29) is 11.9 Å². The maximum Gasteiger partial charge on any atom is 0.319 e. The van der Waals surface area contributed by atoms with Crippen molar-refractivity contribution in [3.63, 3.8) is 0 Å². The third-order valence-electron chi connectivity index (χ3n) is 6.18. The molecule has 0 aromatic carbocycles. The van der Waals surface area contributed by atoms with Crippen molar-refractivity contribution in [2.45, 2.75) is 31.6 Å². The van der Waals surface area contributed by atoms with Gasteiger partial charge in [-0.15, -0.1) is 0 Å². The Morgan fingerprint density at radius 3 is 2.83 bits per heavy atom. The summed E-state index contributed by atoms with van der Waals surface area (Å²) in [5.41, 5.74) is 11.4. The zero-order valence-corrected chi connectivity index (χ0v) is 17.4. The number of piperidine rings is 1. The number of allylic oxidation sites excluding steroid dienone is 1. The molecule has 1 saturated heterocycles. The van der Waals surface area contributed by atoms with Crippen LogP contribution in [0.4, 0.5) is 10.6 Å². The number of nitrogen functional groups attached to an aromatic ring is 1. The number of H-pyrrole nitrogens is 1. The zero-order chi connectivity index (χ0) is 20.8. The fourth-order valence-corrected chi connectivity index (χ4v) is 4.61. The van der Waals surface area contributed by atoms with Gasteiger partial charge in [0, 0.05) is 51.2 Å². The molecular formula is C22H27N7O. The SMILES string of the molecule is CN(C)C(=O)N1CCC(c2nc(-c3cc4c([nH]3)C=CCC4)c3c(N)nccn23)CC1. The molecule has 2 amide bonds. The Kier molecular flexibility index (Phi) is 4.49. The van der Waals surface area contributed by atoms with Gasteiger partial charge in [-0.05, 0) is 43.4 Å². The summed E-state index contributed by atoms with van der Waals surface area (Å²) in [6, 6.07) is 2.26. The Hall–Kier alpha value is -3.29. The molecule has 5 rings (SSSR count). The molecule has 0 unspecified atom stereocenters. The van der Waals surface area contributed by atoms with E-state index in [1.54, 1.807) is 25.2 Å². The molecule has 0 bridgehead atoms. The number of aryl methyl sites for hydroxylation is 1. The molecular weight excluding hydrogens is 378 g/mol. The van der Waals surface area contributed by atoms with Crippen LogP contribution < -0.4 is 5.73 Å². The summed E-state index contributed by atoms with van der Waals surface area (Å²) >= 11 is 0. The van der Waals surface area contributed by atoms with Crippen molar-refractivity contribution in [1.29, 1.82) is 0 Å². The molecule has 1 aliphatic carbocycles. The summed E-state index contributed by atoms with van der Waals surface area (Å²) in [6.07, 6.45) is 11.9. The second kappa shape index (κ2) is 7.19. The highest BCUT2D eigenvalue weighted by Gasteiger charge is 2.29. The van der Waals surface area contributed by atoms with Crippen LogP contribution in [0.15, 0.2) is 24.5 Å². The van der Waals surface area contributed by atoms with Crippen molar-refractivity contribution in [3.8, 4) is 11.4 Å². The standard InChI is InChI=1S/C22H27N7O/c1-27(2)22(30)28-10-7-14(8-11-28)21-26-18(19-20(23)24-9-12-29(19)21)17-13-15-5-3-4-6-16(15)25-17/h4,6,9,12-14,25H,3,5,7-8,10-11H2,1-2H3,(H2,23,24). The lowest BCUT2D eigenvalue weighted by Crippen LogP contribution is -2.43. The molecule has 1 fully saturated rings. The van der Waals surface area contributed by atoms with Gasteiger partial charge in [-0.2, -0.15) is 0 Å². The highest BCUT2D eigenvalue weighted by molar-refractivity contribution is 5.85. The summed E-state index contributed by atoms with van der Waals surface area (Å²) in [6.45, 7) is 1.46. The molecule has 0 radical (unpaired) electrons. The van der Waals surface area contributed by atoms with Crippen molar-refractivity contribution in [3.05, 3.63) is 41.6 Å². The van der Waals surface area contributed by atoms with Gasteiger partial charge < -0.3 is 20.5 Å². The first-order chi connectivity index (χ1) is 14.5. The number of urea groups is 1. The first-order valence-electron chi connectivity index (χ1n) is 10.5. The van der Waals surface area contributed by atoms with Gasteiger partial charge >= 0.3 is 6.03 Å². The van der Waals surface area contributed by atoms with E-state index in [1.807, 2.05) is 11.1 Å². The number of aromatic amines is 1. The third kappa shape index (κ3) is 3.03. The number of nitrogens with one attached hydrogen (secondary N) is 1. The highest BCUT2D eigenvalue weighted by Crippen LogP contribution is 2.35. The van der Waals surface area contributed by atoms with Crippen LogP contribution in [-0.2, 0) is 6.42 Å². The summed E-state index contributed by atoms with van der Waals surface area (Å²) in [4.78, 5) is 28.7. The van der Waals surface area contributed by atoms with E-state index in [2.05, 4.69) is 32.6 Å². The van der Waals surface area contributed by atoms with Crippen molar-refractivity contribution >= 4 is 23.4 Å². The lowest BCUT2D eigenvalue weighted by molar-refractivity contribution is 0.155. The number of amides is 2. The molecule has 3 aromatic heterocycles. The Morgan fingerprint density at radius 2 is 2.10 bits per heavy atom. The quantitative estimate of drug-likeness (QED) is 0.685. The highest BCUT2D eigenvalue weighted by atomic mass is 16.2.